The quantitative estimate of drug-likeness (QED) is 0.0581. The van der Waals surface area contributed by atoms with E-state index in [2.05, 4.69) is 51.4 Å². The van der Waals surface area contributed by atoms with Crippen LogP contribution in [0.4, 0.5) is 5.82 Å². The second-order valence-electron chi connectivity index (χ2n) is 19.0. The van der Waals surface area contributed by atoms with Gasteiger partial charge in [0.2, 0.25) is 5.71 Å². The monoisotopic (exact) mass is 861 g/mol. The number of hydrogen-bond acceptors (Lipinski definition) is 11. The minimum atomic E-state index is -0.541. The lowest BCUT2D eigenvalue weighted by molar-refractivity contribution is -0.140. The summed E-state index contributed by atoms with van der Waals surface area (Å²) in [6, 6.07) is 10.9. The predicted molar refractivity (Wildman–Crippen MR) is 249 cm³/mol. The third-order valence-corrected chi connectivity index (χ3v) is 13.3. The minimum Gasteiger partial charge on any atom is -0.487 e. The van der Waals surface area contributed by atoms with Crippen LogP contribution in [-0.4, -0.2) is 58.8 Å². The van der Waals surface area contributed by atoms with Crippen LogP contribution >= 0.6 is 0 Å². The molecular formula is C52H68N4O7. The van der Waals surface area contributed by atoms with E-state index in [1.165, 1.54) is 44.9 Å². The van der Waals surface area contributed by atoms with E-state index in [0.29, 0.717) is 71.8 Å². The molecule has 0 spiro atoms. The molecule has 0 N–H and O–H groups in total. The van der Waals surface area contributed by atoms with Crippen LogP contribution in [0.2, 0.25) is 0 Å². The number of carbonyl (C=O) groups is 2. The highest BCUT2D eigenvalue weighted by molar-refractivity contribution is 6.05. The van der Waals surface area contributed by atoms with Crippen molar-refractivity contribution in [2.75, 3.05) is 31.2 Å². The number of fused-ring (bicyclic) bond motifs is 4. The molecule has 0 unspecified atom stereocenters. The van der Waals surface area contributed by atoms with E-state index in [-0.39, 0.29) is 18.4 Å². The van der Waals surface area contributed by atoms with Gasteiger partial charge in [0.25, 0.3) is 0 Å². The lowest BCUT2D eigenvalue weighted by Crippen LogP contribution is -2.37. The molecule has 338 valence electrons. The maximum absolute atomic E-state index is 13.3. The number of morpholine rings is 1. The second kappa shape index (κ2) is 20.6. The summed E-state index contributed by atoms with van der Waals surface area (Å²) >= 11 is 0. The molecular weight excluding hydrogens is 793 g/mol. The smallest absolute Gasteiger partial charge is 0.311 e. The highest BCUT2D eigenvalue weighted by Crippen LogP contribution is 2.45. The molecule has 2 aliphatic rings. The van der Waals surface area contributed by atoms with E-state index in [1.807, 2.05) is 32.0 Å². The average molecular weight is 861 g/mol. The Bertz CT molecular complexity index is 2380. The summed E-state index contributed by atoms with van der Waals surface area (Å²) in [5.74, 6) is 4.27. The van der Waals surface area contributed by atoms with Crippen molar-refractivity contribution in [2.24, 2.45) is 17.8 Å². The van der Waals surface area contributed by atoms with Crippen molar-refractivity contribution < 1.29 is 33.0 Å². The lowest BCUT2D eigenvalue weighted by Gasteiger charge is -2.38. The van der Waals surface area contributed by atoms with Crippen LogP contribution in [0.1, 0.15) is 134 Å². The molecule has 0 saturated carbocycles. The van der Waals surface area contributed by atoms with Gasteiger partial charge in [0.05, 0.1) is 31.4 Å². The van der Waals surface area contributed by atoms with Crippen LogP contribution in [0.25, 0.3) is 33.6 Å². The number of furan rings is 1. The van der Waals surface area contributed by atoms with Gasteiger partial charge in [0, 0.05) is 30.4 Å². The third-order valence-electron chi connectivity index (χ3n) is 13.3. The zero-order chi connectivity index (χ0) is 44.7. The van der Waals surface area contributed by atoms with Gasteiger partial charge in [0.15, 0.2) is 17.2 Å². The third kappa shape index (κ3) is 11.4. The lowest BCUT2D eigenvalue weighted by atomic mass is 9.83. The largest absolute Gasteiger partial charge is 0.487 e. The minimum absolute atomic E-state index is 0.123. The number of esters is 2. The summed E-state index contributed by atoms with van der Waals surface area (Å²) in [4.78, 5) is 42.7. The van der Waals surface area contributed by atoms with E-state index < -0.39 is 11.9 Å². The number of pyridine rings is 1. The number of rotatable bonds is 19. The van der Waals surface area contributed by atoms with Crippen LogP contribution in [0.3, 0.4) is 0 Å². The summed E-state index contributed by atoms with van der Waals surface area (Å²) < 4.78 is 30.3. The Morgan fingerprint density at radius 3 is 2.25 bits per heavy atom. The van der Waals surface area contributed by atoms with Gasteiger partial charge in [-0.15, -0.1) is 0 Å². The highest BCUT2D eigenvalue weighted by atomic mass is 16.5. The van der Waals surface area contributed by atoms with Gasteiger partial charge in [-0.2, -0.15) is 0 Å². The SMILES string of the molecule is Cc1c(C)c2c(c(C)c1OC(=O)CCC(=O)Oc1cccc(-c3nc(N4CCOCC4)c4oc5ncccc5c4n3)c1)CC[C@@](C)(CCC[C@H](C)CCC[C@H](C)CCCC(C)C)O2. The van der Waals surface area contributed by atoms with Crippen LogP contribution in [0.15, 0.2) is 47.0 Å². The van der Waals surface area contributed by atoms with Crippen molar-refractivity contribution in [3.8, 4) is 28.6 Å². The summed E-state index contributed by atoms with van der Waals surface area (Å²) in [6.45, 7) is 20.2. The number of benzene rings is 2. The molecule has 0 aliphatic carbocycles. The van der Waals surface area contributed by atoms with Crippen molar-refractivity contribution >= 4 is 40.0 Å². The molecule has 1 fully saturated rings. The van der Waals surface area contributed by atoms with Crippen LogP contribution < -0.4 is 19.1 Å². The van der Waals surface area contributed by atoms with E-state index in [0.717, 1.165) is 76.8 Å². The average Bonchev–Trinajstić information content (AvgIpc) is 3.65. The summed E-state index contributed by atoms with van der Waals surface area (Å²) in [5.41, 5.74) is 6.06. The molecule has 63 heavy (non-hydrogen) atoms. The Morgan fingerprint density at radius 1 is 0.825 bits per heavy atom. The first-order chi connectivity index (χ1) is 30.3. The fourth-order valence-corrected chi connectivity index (χ4v) is 9.25. The number of nitrogens with zero attached hydrogens (tertiary/aromatic N) is 4. The number of carbonyl (C=O) groups excluding carboxylic acids is 2. The van der Waals surface area contributed by atoms with Crippen LogP contribution in [0.5, 0.6) is 17.2 Å². The van der Waals surface area contributed by atoms with Crippen LogP contribution in [-0.2, 0) is 20.7 Å². The zero-order valence-electron chi connectivity index (χ0n) is 38.9. The van der Waals surface area contributed by atoms with Gasteiger partial charge in [-0.25, -0.2) is 15.0 Å². The molecule has 0 radical (unpaired) electrons. The molecule has 2 aromatic carbocycles. The summed E-state index contributed by atoms with van der Waals surface area (Å²) in [5, 5.41) is 0.789. The number of hydrogen-bond donors (Lipinski definition) is 0. The summed E-state index contributed by atoms with van der Waals surface area (Å²) in [7, 11) is 0. The molecule has 3 atom stereocenters. The molecule has 11 heteroatoms. The molecule has 3 aromatic heterocycles. The van der Waals surface area contributed by atoms with Crippen molar-refractivity contribution in [1.82, 2.24) is 15.0 Å². The van der Waals surface area contributed by atoms with Gasteiger partial charge in [0.1, 0.15) is 28.4 Å². The van der Waals surface area contributed by atoms with E-state index >= 15 is 0 Å². The molecule has 0 amide bonds. The molecule has 11 nitrogen and oxygen atoms in total. The molecule has 2 aliphatic heterocycles. The first kappa shape index (κ1) is 46.0. The highest BCUT2D eigenvalue weighted by Gasteiger charge is 2.35. The standard InChI is InChI=1S/C52H68N4O7/c1-33(2)14-9-15-34(3)16-10-17-35(4)18-12-25-52(8)26-24-41-38(7)46(36(5)37(6)47(41)63-52)61-44(58)23-22-43(57)60-40-20-11-19-39(32-40)49-54-45-42-21-13-27-53-51(42)62-48(45)50(55-49)56-28-30-59-31-29-56/h11,13,19-21,27,32-35H,9-10,12,14-18,22-26,28-31H2,1-8H3/t34-,35-,52-/m1/s1. The first-order valence-electron chi connectivity index (χ1n) is 23.5. The Morgan fingerprint density at radius 2 is 1.52 bits per heavy atom. The van der Waals surface area contributed by atoms with Crippen molar-refractivity contribution in [2.45, 2.75) is 144 Å². The van der Waals surface area contributed by atoms with Crippen molar-refractivity contribution in [1.29, 1.82) is 0 Å². The number of anilines is 1. The Labute approximate surface area is 373 Å². The molecule has 7 rings (SSSR count). The van der Waals surface area contributed by atoms with Gasteiger partial charge >= 0.3 is 11.9 Å². The van der Waals surface area contributed by atoms with E-state index in [9.17, 15) is 9.59 Å². The normalized spacial score (nSPS) is 17.4. The Hall–Kier alpha value is -5.03. The van der Waals surface area contributed by atoms with Gasteiger partial charge in [-0.1, -0.05) is 84.8 Å². The van der Waals surface area contributed by atoms with Gasteiger partial charge in [-0.05, 0) is 112 Å². The Balaban J connectivity index is 0.920. The first-order valence-corrected chi connectivity index (χ1v) is 23.5. The van der Waals surface area contributed by atoms with Crippen LogP contribution in [0, 0.1) is 38.5 Å². The summed E-state index contributed by atoms with van der Waals surface area (Å²) in [6.07, 6.45) is 14.6. The van der Waals surface area contributed by atoms with E-state index in [1.54, 1.807) is 24.4 Å². The van der Waals surface area contributed by atoms with E-state index in [4.69, 9.17) is 33.3 Å². The van der Waals surface area contributed by atoms with Gasteiger partial charge in [-0.3, -0.25) is 9.59 Å². The number of ether oxygens (including phenoxy) is 4. The second-order valence-corrected chi connectivity index (χ2v) is 19.0. The van der Waals surface area contributed by atoms with Crippen molar-refractivity contribution in [3.05, 3.63) is 64.8 Å². The molecule has 5 aromatic rings. The topological polar surface area (TPSA) is 126 Å². The molecule has 5 heterocycles. The maximum Gasteiger partial charge on any atom is 0.311 e. The Kier molecular flexibility index (Phi) is 15.1. The number of aromatic nitrogens is 3. The fourth-order valence-electron chi connectivity index (χ4n) is 9.25. The zero-order valence-corrected chi connectivity index (χ0v) is 38.9. The fraction of sp³-hybridized carbons (Fsp3) is 0.558. The van der Waals surface area contributed by atoms with Crippen molar-refractivity contribution in [3.63, 3.8) is 0 Å². The van der Waals surface area contributed by atoms with Gasteiger partial charge < -0.3 is 28.3 Å². The molecule has 1 saturated heterocycles. The maximum atomic E-state index is 13.3. The molecule has 0 bridgehead atoms. The predicted octanol–water partition coefficient (Wildman–Crippen LogP) is 12.0.